The van der Waals surface area contributed by atoms with E-state index >= 15 is 0 Å². The molecular formula is C26H35F3N2O8. The summed E-state index contributed by atoms with van der Waals surface area (Å²) in [4.78, 5) is 26.3. The van der Waals surface area contributed by atoms with Crippen LogP contribution in [0.4, 0.5) is 13.2 Å². The smallest absolute Gasteiger partial charge is 0.416 e. The Morgan fingerprint density at radius 3 is 2.72 bits per heavy atom. The number of alkyl halides is 3. The van der Waals surface area contributed by atoms with Crippen LogP contribution in [0.1, 0.15) is 44.6 Å². The first-order valence-electron chi connectivity index (χ1n) is 12.6. The molecule has 1 aliphatic rings. The van der Waals surface area contributed by atoms with E-state index in [-0.39, 0.29) is 43.6 Å². The SMILES string of the molecule is CC(CNC(=O)CCCC=CC[C@@H]1[C@@H](C=C[C@@H](O)COc2cccc(C(F)(F)F)c2)[C@H](O)C[C@@H]1O)O[N+](=O)[O-]. The largest absolute Gasteiger partial charge is 0.491 e. The van der Waals surface area contributed by atoms with E-state index in [1.54, 1.807) is 6.08 Å². The van der Waals surface area contributed by atoms with Crippen molar-refractivity contribution in [1.82, 2.24) is 5.32 Å². The molecular weight excluding hydrogens is 525 g/mol. The molecule has 1 amide bonds. The molecule has 0 heterocycles. The molecule has 2 rings (SSSR count). The van der Waals surface area contributed by atoms with Crippen molar-refractivity contribution in [2.24, 2.45) is 11.8 Å². The van der Waals surface area contributed by atoms with Gasteiger partial charge in [0.25, 0.3) is 5.09 Å². The Morgan fingerprint density at radius 2 is 2.03 bits per heavy atom. The molecule has 0 bridgehead atoms. The number of amides is 1. The van der Waals surface area contributed by atoms with Crippen molar-refractivity contribution in [1.29, 1.82) is 0 Å². The van der Waals surface area contributed by atoms with Crippen LogP contribution in [-0.2, 0) is 15.8 Å². The molecule has 0 spiro atoms. The zero-order valence-electron chi connectivity index (χ0n) is 21.5. The number of nitrogens with one attached hydrogen (secondary N) is 1. The van der Waals surface area contributed by atoms with Gasteiger partial charge in [0.15, 0.2) is 0 Å². The molecule has 0 aromatic heterocycles. The predicted molar refractivity (Wildman–Crippen MR) is 134 cm³/mol. The maximum atomic E-state index is 12.8. The van der Waals surface area contributed by atoms with Gasteiger partial charge in [0, 0.05) is 25.3 Å². The Balaban J connectivity index is 1.76. The van der Waals surface area contributed by atoms with Crippen LogP contribution in [0.2, 0.25) is 0 Å². The van der Waals surface area contributed by atoms with Crippen molar-refractivity contribution in [3.63, 3.8) is 0 Å². The first-order chi connectivity index (χ1) is 18.4. The van der Waals surface area contributed by atoms with Crippen LogP contribution in [0.3, 0.4) is 0 Å². The van der Waals surface area contributed by atoms with Gasteiger partial charge in [-0.2, -0.15) is 13.2 Å². The molecule has 1 fully saturated rings. The van der Waals surface area contributed by atoms with Gasteiger partial charge in [-0.15, -0.1) is 10.1 Å². The van der Waals surface area contributed by atoms with Crippen LogP contribution in [0.15, 0.2) is 48.6 Å². The van der Waals surface area contributed by atoms with Crippen LogP contribution in [-0.4, -0.2) is 63.9 Å². The van der Waals surface area contributed by atoms with E-state index in [0.29, 0.717) is 19.3 Å². The first-order valence-corrected chi connectivity index (χ1v) is 12.6. The van der Waals surface area contributed by atoms with Crippen molar-refractivity contribution in [2.75, 3.05) is 13.2 Å². The van der Waals surface area contributed by atoms with E-state index in [1.165, 1.54) is 25.1 Å². The van der Waals surface area contributed by atoms with Crippen LogP contribution in [0.5, 0.6) is 5.75 Å². The van der Waals surface area contributed by atoms with Gasteiger partial charge in [0.1, 0.15) is 24.6 Å². The standard InChI is InChI=1S/C26H35F3N2O8/c1-17(39-31(36)37)15-30-25(35)10-5-3-2-4-9-21-22(24(34)14-23(21)33)12-11-19(32)16-38-20-8-6-7-18(13-20)26(27,28)29/h2,4,6-8,11-13,17,19,21-24,32-34H,3,5,9-10,14-16H2,1H3,(H,30,35)/t17?,19-,21-,22-,23+,24-/m1/s1. The number of aliphatic hydroxyl groups is 3. The van der Waals surface area contributed by atoms with Gasteiger partial charge in [-0.05, 0) is 50.3 Å². The summed E-state index contributed by atoms with van der Waals surface area (Å²) in [5, 5.41) is 42.8. The van der Waals surface area contributed by atoms with E-state index in [9.17, 15) is 43.4 Å². The Labute approximate surface area is 224 Å². The zero-order valence-corrected chi connectivity index (χ0v) is 21.5. The van der Waals surface area contributed by atoms with Crippen molar-refractivity contribution in [3.8, 4) is 5.75 Å². The summed E-state index contributed by atoms with van der Waals surface area (Å²) in [5.41, 5.74) is -0.859. The van der Waals surface area contributed by atoms with Gasteiger partial charge in [-0.3, -0.25) is 4.79 Å². The summed E-state index contributed by atoms with van der Waals surface area (Å²) in [7, 11) is 0. The normalized spacial score (nSPS) is 23.2. The minimum absolute atomic E-state index is 0.0263. The summed E-state index contributed by atoms with van der Waals surface area (Å²) in [5.74, 6) is -1.04. The van der Waals surface area contributed by atoms with Gasteiger partial charge in [-0.1, -0.05) is 30.4 Å². The number of aliphatic hydroxyl groups excluding tert-OH is 3. The number of ether oxygens (including phenoxy) is 1. The highest BCUT2D eigenvalue weighted by molar-refractivity contribution is 5.75. The van der Waals surface area contributed by atoms with E-state index in [2.05, 4.69) is 10.2 Å². The highest BCUT2D eigenvalue weighted by Gasteiger charge is 2.39. The molecule has 6 atom stereocenters. The Kier molecular flexibility index (Phi) is 12.7. The third kappa shape index (κ3) is 11.6. The van der Waals surface area contributed by atoms with Gasteiger partial charge >= 0.3 is 6.18 Å². The van der Waals surface area contributed by atoms with Gasteiger partial charge < -0.3 is 30.2 Å². The second-order valence-corrected chi connectivity index (χ2v) is 9.44. The second-order valence-electron chi connectivity index (χ2n) is 9.44. The zero-order chi connectivity index (χ0) is 29.0. The number of nitrogens with zero attached hydrogens (tertiary/aromatic N) is 1. The molecule has 1 aromatic carbocycles. The summed E-state index contributed by atoms with van der Waals surface area (Å²) in [6, 6.07) is 4.33. The molecule has 10 nitrogen and oxygen atoms in total. The topological polar surface area (TPSA) is 151 Å². The van der Waals surface area contributed by atoms with Crippen LogP contribution >= 0.6 is 0 Å². The molecule has 1 aromatic rings. The van der Waals surface area contributed by atoms with Gasteiger partial charge in [0.2, 0.25) is 5.91 Å². The summed E-state index contributed by atoms with van der Waals surface area (Å²) in [6.07, 6.45) is 0.711. The lowest BCUT2D eigenvalue weighted by molar-refractivity contribution is -0.767. The van der Waals surface area contributed by atoms with Crippen molar-refractivity contribution in [3.05, 3.63) is 64.2 Å². The lowest BCUT2D eigenvalue weighted by Crippen LogP contribution is -2.32. The highest BCUT2D eigenvalue weighted by atomic mass is 19.4. The number of hydrogen-bond donors (Lipinski definition) is 4. The van der Waals surface area contributed by atoms with Crippen LogP contribution in [0, 0.1) is 22.0 Å². The molecule has 1 unspecified atom stereocenters. The minimum Gasteiger partial charge on any atom is -0.491 e. The van der Waals surface area contributed by atoms with E-state index < -0.39 is 47.2 Å². The molecule has 1 saturated carbocycles. The average Bonchev–Trinajstić information content (AvgIpc) is 3.13. The molecule has 1 aliphatic carbocycles. The molecule has 0 saturated heterocycles. The number of unbranched alkanes of at least 4 members (excludes halogenated alkanes) is 1. The first kappa shape index (κ1) is 32.1. The van der Waals surface area contributed by atoms with Crippen molar-refractivity contribution in [2.45, 2.75) is 69.6 Å². The quantitative estimate of drug-likeness (QED) is 0.111. The third-order valence-corrected chi connectivity index (χ3v) is 6.26. The fourth-order valence-electron chi connectivity index (χ4n) is 4.24. The van der Waals surface area contributed by atoms with Gasteiger partial charge in [0.05, 0.1) is 17.8 Å². The van der Waals surface area contributed by atoms with E-state index in [4.69, 9.17) is 4.74 Å². The maximum absolute atomic E-state index is 12.8. The van der Waals surface area contributed by atoms with Crippen molar-refractivity contribution >= 4 is 5.91 Å². The summed E-state index contributed by atoms with van der Waals surface area (Å²) < 4.78 is 43.8. The van der Waals surface area contributed by atoms with Gasteiger partial charge in [-0.25, -0.2) is 0 Å². The van der Waals surface area contributed by atoms with Crippen LogP contribution in [0.25, 0.3) is 0 Å². The average molecular weight is 561 g/mol. The number of halogens is 3. The number of rotatable bonds is 15. The number of hydrogen-bond acceptors (Lipinski definition) is 8. The van der Waals surface area contributed by atoms with E-state index in [1.807, 2.05) is 12.2 Å². The van der Waals surface area contributed by atoms with E-state index in [0.717, 1.165) is 12.1 Å². The molecule has 0 aliphatic heterocycles. The van der Waals surface area contributed by atoms with Crippen molar-refractivity contribution < 1.29 is 47.9 Å². The number of allylic oxidation sites excluding steroid dienone is 2. The molecule has 0 radical (unpaired) electrons. The molecule has 13 heteroatoms. The number of benzene rings is 1. The molecule has 4 N–H and O–H groups in total. The fraction of sp³-hybridized carbons (Fsp3) is 0.577. The molecule has 218 valence electrons. The maximum Gasteiger partial charge on any atom is 0.416 e. The van der Waals surface area contributed by atoms with Crippen LogP contribution < -0.4 is 10.1 Å². The predicted octanol–water partition coefficient (Wildman–Crippen LogP) is 3.19. The Bertz CT molecular complexity index is 988. The monoisotopic (exact) mass is 560 g/mol. The third-order valence-electron chi connectivity index (χ3n) is 6.26. The second kappa shape index (κ2) is 15.4. The fourth-order valence-corrected chi connectivity index (χ4v) is 4.24. The Hall–Kier alpha value is -3.16. The number of carbonyl (C=O) groups is 1. The highest BCUT2D eigenvalue weighted by Crippen LogP contribution is 2.36. The summed E-state index contributed by atoms with van der Waals surface area (Å²) in [6.45, 7) is 1.21. The molecule has 39 heavy (non-hydrogen) atoms. The summed E-state index contributed by atoms with van der Waals surface area (Å²) >= 11 is 0. The lowest BCUT2D eigenvalue weighted by Gasteiger charge is -2.19. The number of carbonyl (C=O) groups excluding carboxylic acids is 1. The Morgan fingerprint density at radius 1 is 1.28 bits per heavy atom. The lowest BCUT2D eigenvalue weighted by atomic mass is 9.89. The minimum atomic E-state index is -4.51.